The Balaban J connectivity index is 1.61. The summed E-state index contributed by atoms with van der Waals surface area (Å²) in [6.07, 6.45) is -1.16. The monoisotopic (exact) mass is 457 g/mol. The molecule has 1 aliphatic heterocycles. The van der Waals surface area contributed by atoms with Gasteiger partial charge in [-0.15, -0.1) is 11.8 Å². The van der Waals surface area contributed by atoms with Crippen LogP contribution in [0.1, 0.15) is 34.5 Å². The van der Waals surface area contributed by atoms with Gasteiger partial charge in [-0.1, -0.05) is 96.2 Å². The lowest BCUT2D eigenvalue weighted by Gasteiger charge is -2.45. The third-order valence-corrected chi connectivity index (χ3v) is 7.63. The minimum atomic E-state index is -1.16. The van der Waals surface area contributed by atoms with Gasteiger partial charge in [-0.2, -0.15) is 4.98 Å². The Morgan fingerprint density at radius 2 is 1.39 bits per heavy atom. The number of thioether (sulfide) groups is 1. The number of aliphatic hydroxyl groups is 1. The highest BCUT2D eigenvalue weighted by Crippen LogP contribution is 2.53. The predicted molar refractivity (Wildman–Crippen MR) is 126 cm³/mol. The van der Waals surface area contributed by atoms with E-state index in [1.165, 1.54) is 0 Å². The van der Waals surface area contributed by atoms with Gasteiger partial charge in [-0.05, 0) is 16.7 Å². The fourth-order valence-corrected chi connectivity index (χ4v) is 6.08. The smallest absolute Gasteiger partial charge is 0.230 e. The molecule has 2 heterocycles. The SMILES string of the molecule is Cc1nc(C(O)C2C(=O)NC2SC(c2ccccc2)(c2ccccc2)c2ccccc2)no1. The van der Waals surface area contributed by atoms with E-state index in [1.807, 2.05) is 54.6 Å². The van der Waals surface area contributed by atoms with Crippen LogP contribution in [0.25, 0.3) is 0 Å². The molecule has 33 heavy (non-hydrogen) atoms. The Hall–Kier alpha value is -3.42. The summed E-state index contributed by atoms with van der Waals surface area (Å²) in [7, 11) is 0. The molecule has 2 N–H and O–H groups in total. The molecular weight excluding hydrogens is 434 g/mol. The van der Waals surface area contributed by atoms with Gasteiger partial charge in [0.2, 0.25) is 17.6 Å². The molecule has 7 heteroatoms. The third-order valence-electron chi connectivity index (χ3n) is 5.91. The van der Waals surface area contributed by atoms with Gasteiger partial charge in [0.05, 0.1) is 10.1 Å². The maximum Gasteiger partial charge on any atom is 0.230 e. The maximum atomic E-state index is 12.6. The predicted octanol–water partition coefficient (Wildman–Crippen LogP) is 4.21. The number of rotatable bonds is 7. The first kappa shape index (κ1) is 21.4. The minimum absolute atomic E-state index is 0.127. The summed E-state index contributed by atoms with van der Waals surface area (Å²) in [6.45, 7) is 1.65. The zero-order chi connectivity index (χ0) is 22.8. The van der Waals surface area contributed by atoms with E-state index < -0.39 is 16.8 Å². The van der Waals surface area contributed by atoms with E-state index in [2.05, 4.69) is 51.9 Å². The van der Waals surface area contributed by atoms with Crippen LogP contribution in [0.2, 0.25) is 0 Å². The van der Waals surface area contributed by atoms with Crippen LogP contribution in [0.15, 0.2) is 95.5 Å². The molecule has 5 rings (SSSR count). The molecule has 1 fully saturated rings. The summed E-state index contributed by atoms with van der Waals surface area (Å²) in [5.41, 5.74) is 3.24. The van der Waals surface area contributed by atoms with Crippen molar-refractivity contribution in [2.75, 3.05) is 0 Å². The van der Waals surface area contributed by atoms with Crippen molar-refractivity contribution in [1.82, 2.24) is 15.5 Å². The van der Waals surface area contributed by atoms with Crippen molar-refractivity contribution < 1.29 is 14.4 Å². The number of amides is 1. The largest absolute Gasteiger partial charge is 0.384 e. The number of aromatic nitrogens is 2. The summed E-state index contributed by atoms with van der Waals surface area (Å²) in [5, 5.41) is 17.4. The molecule has 0 bridgehead atoms. The number of nitrogens with one attached hydrogen (secondary N) is 1. The highest BCUT2D eigenvalue weighted by Gasteiger charge is 2.51. The van der Waals surface area contributed by atoms with E-state index in [0.29, 0.717) is 5.89 Å². The standard InChI is InChI=1S/C26H23N3O3S/c1-17-27-23(29-32-17)22(30)21-24(31)28-25(21)33-26(18-11-5-2-6-12-18,19-13-7-3-8-14-19)20-15-9-4-10-16-20/h2-16,21-22,25,30H,1H3,(H,28,31). The fourth-order valence-electron chi connectivity index (χ4n) is 4.29. The van der Waals surface area contributed by atoms with Gasteiger partial charge in [0, 0.05) is 6.92 Å². The number of carbonyl (C=O) groups excluding carboxylic acids is 1. The number of hydrogen-bond donors (Lipinski definition) is 2. The Bertz CT molecular complexity index is 1130. The van der Waals surface area contributed by atoms with Crippen LogP contribution in [0, 0.1) is 12.8 Å². The molecule has 0 spiro atoms. The van der Waals surface area contributed by atoms with Crippen LogP contribution in [0.5, 0.6) is 0 Å². The Kier molecular flexibility index (Phi) is 5.74. The van der Waals surface area contributed by atoms with Crippen LogP contribution in [0.3, 0.4) is 0 Å². The molecule has 6 nitrogen and oxygen atoms in total. The second-order valence-corrected chi connectivity index (χ2v) is 9.32. The van der Waals surface area contributed by atoms with Crippen molar-refractivity contribution in [3.63, 3.8) is 0 Å². The van der Waals surface area contributed by atoms with Crippen molar-refractivity contribution in [3.8, 4) is 0 Å². The van der Waals surface area contributed by atoms with E-state index >= 15 is 0 Å². The normalized spacial score (nSPS) is 18.9. The van der Waals surface area contributed by atoms with E-state index in [4.69, 9.17) is 4.52 Å². The lowest BCUT2D eigenvalue weighted by atomic mass is 9.84. The molecule has 1 aliphatic rings. The molecule has 1 aromatic heterocycles. The average molecular weight is 458 g/mol. The number of β-lactam (4-membered cyclic amide) rings is 1. The van der Waals surface area contributed by atoms with Gasteiger partial charge in [0.25, 0.3) is 0 Å². The van der Waals surface area contributed by atoms with Crippen molar-refractivity contribution in [2.45, 2.75) is 23.1 Å². The number of hydrogen-bond acceptors (Lipinski definition) is 6. The first-order valence-electron chi connectivity index (χ1n) is 10.7. The highest BCUT2D eigenvalue weighted by atomic mass is 32.2. The van der Waals surface area contributed by atoms with E-state index in [1.54, 1.807) is 18.7 Å². The topological polar surface area (TPSA) is 88.3 Å². The zero-order valence-corrected chi connectivity index (χ0v) is 18.8. The van der Waals surface area contributed by atoms with Gasteiger partial charge < -0.3 is 14.9 Å². The van der Waals surface area contributed by atoms with Gasteiger partial charge in [0.15, 0.2) is 0 Å². The minimum Gasteiger partial charge on any atom is -0.384 e. The van der Waals surface area contributed by atoms with Crippen LogP contribution >= 0.6 is 11.8 Å². The Labute approximate surface area is 196 Å². The first-order chi connectivity index (χ1) is 16.1. The summed E-state index contributed by atoms with van der Waals surface area (Å²) in [6, 6.07) is 30.7. The maximum absolute atomic E-state index is 12.6. The molecule has 3 atom stereocenters. The van der Waals surface area contributed by atoms with Crippen molar-refractivity contribution in [3.05, 3.63) is 119 Å². The molecule has 0 radical (unpaired) electrons. The van der Waals surface area contributed by atoms with Crippen LogP contribution < -0.4 is 5.32 Å². The van der Waals surface area contributed by atoms with Gasteiger partial charge in [0.1, 0.15) is 12.0 Å². The van der Waals surface area contributed by atoms with Crippen LogP contribution in [-0.2, 0) is 9.54 Å². The number of carbonyl (C=O) groups is 1. The number of aryl methyl sites for hydroxylation is 1. The summed E-state index contributed by atoms with van der Waals surface area (Å²) >= 11 is 1.60. The quantitative estimate of drug-likeness (QED) is 0.319. The molecule has 0 aliphatic carbocycles. The molecule has 4 aromatic rings. The lowest BCUT2D eigenvalue weighted by molar-refractivity contribution is -0.138. The first-order valence-corrected chi connectivity index (χ1v) is 11.6. The van der Waals surface area contributed by atoms with E-state index in [-0.39, 0.29) is 17.1 Å². The Morgan fingerprint density at radius 3 is 1.79 bits per heavy atom. The fraction of sp³-hybridized carbons (Fsp3) is 0.192. The van der Waals surface area contributed by atoms with Gasteiger partial charge in [-0.25, -0.2) is 0 Å². The molecule has 1 amide bonds. The molecular formula is C26H23N3O3S. The van der Waals surface area contributed by atoms with Crippen molar-refractivity contribution in [2.24, 2.45) is 5.92 Å². The highest BCUT2D eigenvalue weighted by molar-refractivity contribution is 8.01. The zero-order valence-electron chi connectivity index (χ0n) is 18.0. The van der Waals surface area contributed by atoms with Crippen LogP contribution in [-0.4, -0.2) is 26.5 Å². The second kappa shape index (κ2) is 8.84. The molecule has 0 saturated carbocycles. The number of benzene rings is 3. The second-order valence-electron chi connectivity index (χ2n) is 7.97. The van der Waals surface area contributed by atoms with E-state index in [9.17, 15) is 9.90 Å². The number of aliphatic hydroxyl groups excluding tert-OH is 1. The summed E-state index contributed by atoms with van der Waals surface area (Å²) in [4.78, 5) is 16.7. The third kappa shape index (κ3) is 3.83. The molecule has 3 aromatic carbocycles. The van der Waals surface area contributed by atoms with Crippen molar-refractivity contribution in [1.29, 1.82) is 0 Å². The summed E-state index contributed by atoms with van der Waals surface area (Å²) in [5.74, 6) is -0.462. The summed E-state index contributed by atoms with van der Waals surface area (Å²) < 4.78 is 4.41. The van der Waals surface area contributed by atoms with Crippen LogP contribution in [0.4, 0.5) is 0 Å². The lowest BCUT2D eigenvalue weighted by Crippen LogP contribution is -2.60. The van der Waals surface area contributed by atoms with Crippen molar-refractivity contribution >= 4 is 17.7 Å². The molecule has 1 saturated heterocycles. The van der Waals surface area contributed by atoms with Gasteiger partial charge in [-0.3, -0.25) is 4.79 Å². The number of nitrogens with zero attached hydrogens (tertiary/aromatic N) is 2. The average Bonchev–Trinajstić information content (AvgIpc) is 3.30. The molecule has 166 valence electrons. The van der Waals surface area contributed by atoms with Gasteiger partial charge >= 0.3 is 0 Å². The Morgan fingerprint density at radius 1 is 0.909 bits per heavy atom. The van der Waals surface area contributed by atoms with E-state index in [0.717, 1.165) is 16.7 Å². The molecule has 3 unspecified atom stereocenters.